The number of hydrogen-bond acceptors (Lipinski definition) is 5. The molecule has 1 aromatic heterocycles. The largest absolute Gasteiger partial charge is 0.383 e. The highest BCUT2D eigenvalue weighted by Gasteiger charge is 1.97. The van der Waals surface area contributed by atoms with E-state index in [1.54, 1.807) is 6.20 Å². The fourth-order valence-electron chi connectivity index (χ4n) is 1.33. The Morgan fingerprint density at radius 2 is 2.28 bits per heavy atom. The predicted octanol–water partition coefficient (Wildman–Crippen LogP) is 0.817. The number of rotatable bonds is 9. The molecule has 6 nitrogen and oxygen atoms in total. The van der Waals surface area contributed by atoms with Crippen molar-refractivity contribution in [1.29, 1.82) is 0 Å². The average molecular weight is 252 g/mol. The van der Waals surface area contributed by atoms with Crippen molar-refractivity contribution in [1.82, 2.24) is 4.98 Å². The standard InChI is InChI=1S/C12H20N4O2/c1-2-4-15-12-8-10(3-5-16-12)14-6-7-18-9-11(13)17/h3,5,8H,2,4,6-7,9H2,1H3,(H2,13,17)(H2,14,15,16). The summed E-state index contributed by atoms with van der Waals surface area (Å²) in [4.78, 5) is 14.6. The van der Waals surface area contributed by atoms with Gasteiger partial charge in [0.05, 0.1) is 6.61 Å². The Kier molecular flexibility index (Phi) is 6.56. The molecule has 0 unspecified atom stereocenters. The van der Waals surface area contributed by atoms with Gasteiger partial charge in [-0.25, -0.2) is 4.98 Å². The SMILES string of the molecule is CCCNc1cc(NCCOCC(N)=O)ccn1. The fraction of sp³-hybridized carbons (Fsp3) is 0.500. The number of pyridine rings is 1. The van der Waals surface area contributed by atoms with Crippen molar-refractivity contribution in [2.75, 3.05) is 36.9 Å². The van der Waals surface area contributed by atoms with Crippen molar-refractivity contribution in [3.63, 3.8) is 0 Å². The van der Waals surface area contributed by atoms with Crippen LogP contribution in [0.2, 0.25) is 0 Å². The Labute approximate surface area is 107 Å². The van der Waals surface area contributed by atoms with Gasteiger partial charge in [-0.15, -0.1) is 0 Å². The van der Waals surface area contributed by atoms with E-state index in [1.165, 1.54) is 0 Å². The van der Waals surface area contributed by atoms with Gasteiger partial charge in [0, 0.05) is 31.0 Å². The third-order valence-corrected chi connectivity index (χ3v) is 2.14. The van der Waals surface area contributed by atoms with Gasteiger partial charge in [0.25, 0.3) is 0 Å². The lowest BCUT2D eigenvalue weighted by Crippen LogP contribution is -2.20. The van der Waals surface area contributed by atoms with Crippen molar-refractivity contribution >= 4 is 17.4 Å². The number of nitrogens with one attached hydrogen (secondary N) is 2. The second kappa shape index (κ2) is 8.30. The highest BCUT2D eigenvalue weighted by molar-refractivity contribution is 5.74. The summed E-state index contributed by atoms with van der Waals surface area (Å²) in [5.41, 5.74) is 5.92. The molecular weight excluding hydrogens is 232 g/mol. The molecule has 0 atom stereocenters. The first kappa shape index (κ1) is 14.2. The number of amides is 1. The van der Waals surface area contributed by atoms with E-state index >= 15 is 0 Å². The predicted molar refractivity (Wildman–Crippen MR) is 71.5 cm³/mol. The first-order valence-corrected chi connectivity index (χ1v) is 6.02. The maximum absolute atomic E-state index is 10.4. The molecule has 0 radical (unpaired) electrons. The van der Waals surface area contributed by atoms with Crippen LogP contribution in [0.1, 0.15) is 13.3 Å². The van der Waals surface area contributed by atoms with Crippen LogP contribution in [0, 0.1) is 0 Å². The van der Waals surface area contributed by atoms with Crippen LogP contribution in [-0.2, 0) is 9.53 Å². The molecule has 0 bridgehead atoms. The number of primary amides is 1. The molecule has 0 aliphatic heterocycles. The molecule has 18 heavy (non-hydrogen) atoms. The van der Waals surface area contributed by atoms with Crippen molar-refractivity contribution in [3.8, 4) is 0 Å². The molecule has 1 heterocycles. The maximum atomic E-state index is 10.4. The molecule has 1 aromatic rings. The first-order valence-electron chi connectivity index (χ1n) is 6.02. The summed E-state index contributed by atoms with van der Waals surface area (Å²) >= 11 is 0. The highest BCUT2D eigenvalue weighted by atomic mass is 16.5. The zero-order chi connectivity index (χ0) is 13.2. The van der Waals surface area contributed by atoms with Gasteiger partial charge >= 0.3 is 0 Å². The van der Waals surface area contributed by atoms with E-state index in [1.807, 2.05) is 12.1 Å². The lowest BCUT2D eigenvalue weighted by Gasteiger charge is -2.08. The summed E-state index contributed by atoms with van der Waals surface area (Å²) in [6.07, 6.45) is 2.80. The van der Waals surface area contributed by atoms with Crippen molar-refractivity contribution in [3.05, 3.63) is 18.3 Å². The van der Waals surface area contributed by atoms with E-state index < -0.39 is 5.91 Å². The normalized spacial score (nSPS) is 10.1. The molecule has 100 valence electrons. The second-order valence-corrected chi connectivity index (χ2v) is 3.80. The monoisotopic (exact) mass is 252 g/mol. The lowest BCUT2D eigenvalue weighted by atomic mass is 10.3. The molecular formula is C12H20N4O2. The summed E-state index contributed by atoms with van der Waals surface area (Å²) in [5.74, 6) is 0.393. The lowest BCUT2D eigenvalue weighted by molar-refractivity contribution is -0.122. The van der Waals surface area contributed by atoms with Crippen LogP contribution in [-0.4, -0.2) is 37.2 Å². The van der Waals surface area contributed by atoms with E-state index in [0.717, 1.165) is 24.5 Å². The van der Waals surface area contributed by atoms with Crippen LogP contribution in [0.25, 0.3) is 0 Å². The number of carbonyl (C=O) groups excluding carboxylic acids is 1. The second-order valence-electron chi connectivity index (χ2n) is 3.80. The van der Waals surface area contributed by atoms with Gasteiger partial charge in [0.15, 0.2) is 0 Å². The van der Waals surface area contributed by atoms with Crippen LogP contribution in [0.3, 0.4) is 0 Å². The van der Waals surface area contributed by atoms with Gasteiger partial charge in [-0.1, -0.05) is 6.92 Å². The molecule has 0 saturated carbocycles. The Morgan fingerprint density at radius 3 is 3.00 bits per heavy atom. The van der Waals surface area contributed by atoms with Gasteiger partial charge in [0.2, 0.25) is 5.91 Å². The molecule has 0 aromatic carbocycles. The summed E-state index contributed by atoms with van der Waals surface area (Å²) in [7, 11) is 0. The third-order valence-electron chi connectivity index (χ3n) is 2.14. The quantitative estimate of drug-likeness (QED) is 0.566. The van der Waals surface area contributed by atoms with E-state index in [0.29, 0.717) is 13.2 Å². The van der Waals surface area contributed by atoms with Gasteiger partial charge < -0.3 is 21.1 Å². The summed E-state index contributed by atoms with van der Waals surface area (Å²) < 4.78 is 5.04. The zero-order valence-corrected chi connectivity index (χ0v) is 10.6. The number of aromatic nitrogens is 1. The van der Waals surface area contributed by atoms with Gasteiger partial charge in [-0.2, -0.15) is 0 Å². The van der Waals surface area contributed by atoms with E-state index in [9.17, 15) is 4.79 Å². The summed E-state index contributed by atoms with van der Waals surface area (Å²) in [5, 5.41) is 6.39. The smallest absolute Gasteiger partial charge is 0.243 e. The number of nitrogens with two attached hydrogens (primary N) is 1. The van der Waals surface area contributed by atoms with Crippen LogP contribution in [0.4, 0.5) is 11.5 Å². The maximum Gasteiger partial charge on any atom is 0.243 e. The number of carbonyl (C=O) groups is 1. The minimum atomic E-state index is -0.454. The average Bonchev–Trinajstić information content (AvgIpc) is 2.36. The molecule has 0 aliphatic rings. The topological polar surface area (TPSA) is 89.3 Å². The molecule has 0 spiro atoms. The molecule has 0 fully saturated rings. The van der Waals surface area contributed by atoms with Crippen molar-refractivity contribution in [2.24, 2.45) is 5.73 Å². The minimum Gasteiger partial charge on any atom is -0.383 e. The van der Waals surface area contributed by atoms with Crippen LogP contribution in [0.5, 0.6) is 0 Å². The van der Waals surface area contributed by atoms with E-state index in [4.69, 9.17) is 10.5 Å². The Hall–Kier alpha value is -1.82. The number of ether oxygens (including phenoxy) is 1. The van der Waals surface area contributed by atoms with Gasteiger partial charge in [0.1, 0.15) is 12.4 Å². The summed E-state index contributed by atoms with van der Waals surface area (Å²) in [6, 6.07) is 3.81. The Bertz CT molecular complexity index is 371. The Balaban J connectivity index is 2.26. The van der Waals surface area contributed by atoms with Crippen molar-refractivity contribution in [2.45, 2.75) is 13.3 Å². The molecule has 4 N–H and O–H groups in total. The molecule has 6 heteroatoms. The first-order chi connectivity index (χ1) is 8.72. The third kappa shape index (κ3) is 6.05. The van der Waals surface area contributed by atoms with Crippen LogP contribution in [0.15, 0.2) is 18.3 Å². The number of hydrogen-bond donors (Lipinski definition) is 3. The molecule has 1 amide bonds. The molecule has 0 saturated heterocycles. The van der Waals surface area contributed by atoms with Crippen LogP contribution < -0.4 is 16.4 Å². The highest BCUT2D eigenvalue weighted by Crippen LogP contribution is 2.11. The zero-order valence-electron chi connectivity index (χ0n) is 10.6. The van der Waals surface area contributed by atoms with E-state index in [2.05, 4.69) is 22.5 Å². The Morgan fingerprint density at radius 1 is 1.44 bits per heavy atom. The number of anilines is 2. The summed E-state index contributed by atoms with van der Waals surface area (Å²) in [6.45, 7) is 4.01. The van der Waals surface area contributed by atoms with Crippen molar-refractivity contribution < 1.29 is 9.53 Å². The minimum absolute atomic E-state index is 0.0403. The molecule has 0 aliphatic carbocycles. The molecule has 1 rings (SSSR count). The van der Waals surface area contributed by atoms with Crippen LogP contribution >= 0.6 is 0 Å². The number of nitrogens with zero attached hydrogens (tertiary/aromatic N) is 1. The van der Waals surface area contributed by atoms with Gasteiger partial charge in [-0.3, -0.25) is 4.79 Å². The van der Waals surface area contributed by atoms with Gasteiger partial charge in [-0.05, 0) is 12.5 Å². The fourth-order valence-corrected chi connectivity index (χ4v) is 1.33. The van der Waals surface area contributed by atoms with E-state index in [-0.39, 0.29) is 6.61 Å².